The van der Waals surface area contributed by atoms with Gasteiger partial charge < -0.3 is 21.1 Å². The average Bonchev–Trinajstić information content (AvgIpc) is 2.97. The van der Waals surface area contributed by atoms with E-state index >= 15 is 0 Å². The summed E-state index contributed by atoms with van der Waals surface area (Å²) in [7, 11) is 1.58. The Kier molecular flexibility index (Phi) is 6.80. The zero-order valence-electron chi connectivity index (χ0n) is 12.7. The van der Waals surface area contributed by atoms with Crippen LogP contribution in [0.15, 0.2) is 18.2 Å². The Balaban J connectivity index is 0.00000242. The van der Waals surface area contributed by atoms with Crippen LogP contribution in [-0.4, -0.2) is 37.6 Å². The third-order valence-electron chi connectivity index (χ3n) is 3.73. The van der Waals surface area contributed by atoms with E-state index in [1.807, 2.05) is 0 Å². The monoisotopic (exact) mass is 327 g/mol. The summed E-state index contributed by atoms with van der Waals surface area (Å²) in [4.78, 5) is 23.9. The number of carbonyl (C=O) groups excluding carboxylic acids is 2. The molecule has 2 rings (SSSR count). The van der Waals surface area contributed by atoms with Gasteiger partial charge in [0.25, 0.3) is 11.8 Å². The Labute approximate surface area is 136 Å². The smallest absolute Gasteiger partial charge is 0.253 e. The fraction of sp³-hybridized carbons (Fsp3) is 0.467. The first kappa shape index (κ1) is 18.4. The summed E-state index contributed by atoms with van der Waals surface area (Å²) in [5.74, 6) is -0.369. The van der Waals surface area contributed by atoms with Crippen molar-refractivity contribution < 1.29 is 14.3 Å². The minimum absolute atomic E-state index is 0. The number of nitrogens with two attached hydrogens (primary N) is 1. The van der Waals surface area contributed by atoms with Crippen LogP contribution in [0.5, 0.6) is 0 Å². The second kappa shape index (κ2) is 8.12. The Morgan fingerprint density at radius 2 is 2.09 bits per heavy atom. The molecule has 1 saturated heterocycles. The van der Waals surface area contributed by atoms with E-state index in [9.17, 15) is 9.59 Å². The molecule has 0 bridgehead atoms. The average molecular weight is 328 g/mol. The van der Waals surface area contributed by atoms with E-state index in [1.54, 1.807) is 32.2 Å². The Bertz CT molecular complexity index is 551. The first-order chi connectivity index (χ1) is 10.1. The van der Waals surface area contributed by atoms with Crippen LogP contribution in [-0.2, 0) is 9.53 Å². The molecule has 0 spiro atoms. The van der Waals surface area contributed by atoms with E-state index in [-0.39, 0.29) is 30.3 Å². The minimum Gasteiger partial charge on any atom is -0.364 e. The molecule has 2 amide bonds. The number of carbonyl (C=O) groups is 2. The molecular weight excluding hydrogens is 306 g/mol. The van der Waals surface area contributed by atoms with Gasteiger partial charge in [-0.2, -0.15) is 0 Å². The Morgan fingerprint density at radius 1 is 1.36 bits per heavy atom. The number of benzene rings is 1. The van der Waals surface area contributed by atoms with Crippen LogP contribution in [0.25, 0.3) is 0 Å². The lowest BCUT2D eigenvalue weighted by Gasteiger charge is -2.15. The highest BCUT2D eigenvalue weighted by Gasteiger charge is 2.30. The molecule has 2 atom stereocenters. The predicted octanol–water partition coefficient (Wildman–Crippen LogP) is 1.22. The van der Waals surface area contributed by atoms with Gasteiger partial charge in [-0.3, -0.25) is 9.59 Å². The molecular formula is C15H22ClN3O3. The molecule has 4 N–H and O–H groups in total. The van der Waals surface area contributed by atoms with E-state index in [0.717, 1.165) is 12.0 Å². The highest BCUT2D eigenvalue weighted by molar-refractivity contribution is 6.00. The Morgan fingerprint density at radius 3 is 2.68 bits per heavy atom. The second-order valence-electron chi connectivity index (χ2n) is 5.11. The molecule has 0 saturated carbocycles. The summed E-state index contributed by atoms with van der Waals surface area (Å²) in [5.41, 5.74) is 7.44. The van der Waals surface area contributed by atoms with Crippen molar-refractivity contribution in [1.82, 2.24) is 5.32 Å². The minimum atomic E-state index is -0.471. The van der Waals surface area contributed by atoms with Gasteiger partial charge in [0, 0.05) is 24.8 Å². The number of anilines is 1. The molecule has 0 aliphatic carbocycles. The van der Waals surface area contributed by atoms with Gasteiger partial charge >= 0.3 is 0 Å². The number of ether oxygens (including phenoxy) is 1. The van der Waals surface area contributed by atoms with Gasteiger partial charge in [0.2, 0.25) is 0 Å². The van der Waals surface area contributed by atoms with Crippen molar-refractivity contribution >= 4 is 29.9 Å². The molecule has 1 aliphatic rings. The number of nitrogens with one attached hydrogen (secondary N) is 2. The van der Waals surface area contributed by atoms with Gasteiger partial charge in [-0.15, -0.1) is 12.4 Å². The van der Waals surface area contributed by atoms with Gasteiger partial charge in [-0.05, 0) is 37.5 Å². The topological polar surface area (TPSA) is 93.5 Å². The van der Waals surface area contributed by atoms with Gasteiger partial charge in [0.1, 0.15) is 6.10 Å². The summed E-state index contributed by atoms with van der Waals surface area (Å²) >= 11 is 0. The summed E-state index contributed by atoms with van der Waals surface area (Å²) in [6.07, 6.45) is 0.953. The molecule has 0 unspecified atom stereocenters. The number of hydrogen-bond acceptors (Lipinski definition) is 4. The summed E-state index contributed by atoms with van der Waals surface area (Å²) < 4.78 is 5.57. The molecule has 1 heterocycles. The van der Waals surface area contributed by atoms with E-state index < -0.39 is 6.10 Å². The largest absolute Gasteiger partial charge is 0.364 e. The van der Waals surface area contributed by atoms with E-state index in [2.05, 4.69) is 10.6 Å². The third kappa shape index (κ3) is 3.97. The maximum absolute atomic E-state index is 12.2. The van der Waals surface area contributed by atoms with Crippen LogP contribution in [0, 0.1) is 6.92 Å². The van der Waals surface area contributed by atoms with Crippen LogP contribution >= 0.6 is 12.4 Å². The van der Waals surface area contributed by atoms with E-state index in [4.69, 9.17) is 10.5 Å². The molecule has 1 aromatic carbocycles. The molecule has 122 valence electrons. The quantitative estimate of drug-likeness (QED) is 0.775. The third-order valence-corrected chi connectivity index (χ3v) is 3.73. The molecule has 7 heteroatoms. The fourth-order valence-corrected chi connectivity index (χ4v) is 2.44. The molecule has 22 heavy (non-hydrogen) atoms. The predicted molar refractivity (Wildman–Crippen MR) is 87.4 cm³/mol. The highest BCUT2D eigenvalue weighted by Crippen LogP contribution is 2.23. The second-order valence-corrected chi connectivity index (χ2v) is 5.11. The number of hydrogen-bond donors (Lipinski definition) is 3. The zero-order chi connectivity index (χ0) is 15.4. The summed E-state index contributed by atoms with van der Waals surface area (Å²) in [6, 6.07) is 5.24. The van der Waals surface area contributed by atoms with E-state index in [1.165, 1.54) is 0 Å². The maximum Gasteiger partial charge on any atom is 0.253 e. The molecule has 1 fully saturated rings. The SMILES string of the molecule is CNC(=O)c1cccc(NC(=O)[C@@H]2CC[C@H](CN)O2)c1C.Cl. The van der Waals surface area contributed by atoms with Crippen molar-refractivity contribution in [2.45, 2.75) is 32.0 Å². The molecule has 1 aromatic rings. The van der Waals surface area contributed by atoms with Gasteiger partial charge in [-0.1, -0.05) is 6.07 Å². The van der Waals surface area contributed by atoms with Crippen LogP contribution in [0.2, 0.25) is 0 Å². The fourth-order valence-electron chi connectivity index (χ4n) is 2.44. The van der Waals surface area contributed by atoms with Crippen LogP contribution in [0.4, 0.5) is 5.69 Å². The maximum atomic E-state index is 12.2. The molecule has 0 aromatic heterocycles. The van der Waals surface area contributed by atoms with Crippen LogP contribution in [0.1, 0.15) is 28.8 Å². The molecule has 6 nitrogen and oxygen atoms in total. The standard InChI is InChI=1S/C15H21N3O3.ClH/c1-9-11(14(19)17-2)4-3-5-12(9)18-15(20)13-7-6-10(8-16)21-13;/h3-5,10,13H,6-8,16H2,1-2H3,(H,17,19)(H,18,20);1H/t10-,13+;/m1./s1. The van der Waals surface area contributed by atoms with Crippen molar-refractivity contribution in [3.05, 3.63) is 29.3 Å². The van der Waals surface area contributed by atoms with Crippen LogP contribution in [0.3, 0.4) is 0 Å². The summed E-state index contributed by atoms with van der Waals surface area (Å²) in [6.45, 7) is 2.23. The Hall–Kier alpha value is -1.63. The number of halogens is 1. The lowest BCUT2D eigenvalue weighted by Crippen LogP contribution is -2.30. The number of amides is 2. The van der Waals surface area contributed by atoms with Crippen LogP contribution < -0.4 is 16.4 Å². The lowest BCUT2D eigenvalue weighted by atomic mass is 10.1. The lowest BCUT2D eigenvalue weighted by molar-refractivity contribution is -0.126. The molecule has 1 aliphatic heterocycles. The van der Waals surface area contributed by atoms with Crippen molar-refractivity contribution in [3.63, 3.8) is 0 Å². The van der Waals surface area contributed by atoms with Gasteiger partial charge in [-0.25, -0.2) is 0 Å². The van der Waals surface area contributed by atoms with Crippen molar-refractivity contribution in [1.29, 1.82) is 0 Å². The zero-order valence-corrected chi connectivity index (χ0v) is 13.5. The number of rotatable bonds is 4. The highest BCUT2D eigenvalue weighted by atomic mass is 35.5. The first-order valence-corrected chi connectivity index (χ1v) is 7.05. The van der Waals surface area contributed by atoms with Crippen molar-refractivity contribution in [3.8, 4) is 0 Å². The molecule has 0 radical (unpaired) electrons. The van der Waals surface area contributed by atoms with E-state index in [0.29, 0.717) is 24.2 Å². The summed E-state index contributed by atoms with van der Waals surface area (Å²) in [5, 5.41) is 5.41. The van der Waals surface area contributed by atoms with Crippen molar-refractivity contribution in [2.75, 3.05) is 18.9 Å². The van der Waals surface area contributed by atoms with Crippen molar-refractivity contribution in [2.24, 2.45) is 5.73 Å². The first-order valence-electron chi connectivity index (χ1n) is 7.05. The van der Waals surface area contributed by atoms with Gasteiger partial charge in [0.05, 0.1) is 6.10 Å². The van der Waals surface area contributed by atoms with Gasteiger partial charge in [0.15, 0.2) is 0 Å². The normalized spacial score (nSPS) is 20.1.